The summed E-state index contributed by atoms with van der Waals surface area (Å²) >= 11 is 0. The van der Waals surface area contributed by atoms with E-state index in [2.05, 4.69) is 15.4 Å². The molecule has 1 aromatic carbocycles. The van der Waals surface area contributed by atoms with Gasteiger partial charge in [0.1, 0.15) is 6.61 Å². The minimum absolute atomic E-state index is 0.0208. The highest BCUT2D eigenvalue weighted by molar-refractivity contribution is 6.06. The first-order chi connectivity index (χ1) is 13.0. The van der Waals surface area contributed by atoms with Gasteiger partial charge in [0.05, 0.1) is 26.3 Å². The molecule has 2 aromatic heterocycles. The predicted molar refractivity (Wildman–Crippen MR) is 96.3 cm³/mol. The third kappa shape index (κ3) is 4.76. The first-order valence-corrected chi connectivity index (χ1v) is 8.61. The van der Waals surface area contributed by atoms with Crippen LogP contribution in [-0.2, 0) is 27.4 Å². The lowest BCUT2D eigenvalue weighted by Gasteiger charge is -2.03. The van der Waals surface area contributed by atoms with E-state index < -0.39 is 0 Å². The van der Waals surface area contributed by atoms with E-state index in [-0.39, 0.29) is 18.4 Å². The number of fused-ring (bicyclic) bond motifs is 1. The minimum Gasteiger partial charge on any atom is -0.463 e. The molecule has 0 atom stereocenters. The summed E-state index contributed by atoms with van der Waals surface area (Å²) in [7, 11) is 0. The van der Waals surface area contributed by atoms with Crippen molar-refractivity contribution in [2.45, 2.75) is 26.9 Å². The van der Waals surface area contributed by atoms with E-state index in [4.69, 9.17) is 9.47 Å². The second-order valence-electron chi connectivity index (χ2n) is 6.00. The number of esters is 1. The normalized spacial score (nSPS) is 11.0. The highest BCUT2D eigenvalue weighted by atomic mass is 16.6. The molecule has 0 aliphatic rings. The van der Waals surface area contributed by atoms with Crippen LogP contribution in [0, 0.1) is 0 Å². The molecule has 3 aromatic rings. The van der Waals surface area contributed by atoms with Crippen LogP contribution in [0.25, 0.3) is 10.9 Å². The molecule has 0 radical (unpaired) electrons. The van der Waals surface area contributed by atoms with Gasteiger partial charge in [0, 0.05) is 29.6 Å². The van der Waals surface area contributed by atoms with E-state index in [1.807, 2.05) is 35.0 Å². The molecule has 0 saturated carbocycles. The van der Waals surface area contributed by atoms with Crippen molar-refractivity contribution in [3.63, 3.8) is 0 Å². The van der Waals surface area contributed by atoms with Crippen molar-refractivity contribution in [1.82, 2.24) is 24.8 Å². The number of benzene rings is 1. The summed E-state index contributed by atoms with van der Waals surface area (Å²) in [5, 5.41) is 13.3. The molecule has 0 saturated heterocycles. The van der Waals surface area contributed by atoms with Crippen molar-refractivity contribution in [2.75, 3.05) is 19.8 Å². The van der Waals surface area contributed by atoms with Gasteiger partial charge in [-0.2, -0.15) is 4.80 Å². The molecule has 142 valence electrons. The number of carbonyl (C=O) groups is 2. The molecule has 27 heavy (non-hydrogen) atoms. The number of ketones is 1. The Hall–Kier alpha value is -3.07. The van der Waals surface area contributed by atoms with Crippen molar-refractivity contribution in [2.24, 2.45) is 0 Å². The molecule has 0 N–H and O–H groups in total. The number of hydrogen-bond donors (Lipinski definition) is 0. The highest BCUT2D eigenvalue weighted by Crippen LogP contribution is 2.22. The van der Waals surface area contributed by atoms with Crippen molar-refractivity contribution in [3.05, 3.63) is 41.9 Å². The Bertz CT molecular complexity index is 946. The molecule has 0 amide bonds. The van der Waals surface area contributed by atoms with Crippen molar-refractivity contribution < 1.29 is 19.1 Å². The van der Waals surface area contributed by atoms with Crippen LogP contribution in [0.4, 0.5) is 0 Å². The van der Waals surface area contributed by atoms with Gasteiger partial charge < -0.3 is 14.0 Å². The van der Waals surface area contributed by atoms with Gasteiger partial charge in [-0.15, -0.1) is 10.2 Å². The van der Waals surface area contributed by atoms with E-state index in [1.54, 1.807) is 6.92 Å². The fourth-order valence-electron chi connectivity index (χ4n) is 2.74. The number of ether oxygens (including phenoxy) is 2. The number of aromatic nitrogens is 5. The molecule has 0 aliphatic carbocycles. The summed E-state index contributed by atoms with van der Waals surface area (Å²) < 4.78 is 12.1. The van der Waals surface area contributed by atoms with Gasteiger partial charge in [-0.05, 0) is 18.2 Å². The van der Waals surface area contributed by atoms with E-state index in [1.165, 1.54) is 11.7 Å². The van der Waals surface area contributed by atoms with Crippen LogP contribution in [0.3, 0.4) is 0 Å². The standard InChI is InChI=1S/C18H21N5O4/c1-13(24)16-11-22(17-6-4-3-5-15(16)17)12-18-19-21-23(20-18)7-8-26-9-10-27-14(2)25/h3-6,11H,7-10,12H2,1-2H3. The van der Waals surface area contributed by atoms with Crippen LogP contribution in [0.1, 0.15) is 30.0 Å². The molecule has 2 heterocycles. The predicted octanol–water partition coefficient (Wildman–Crippen LogP) is 1.46. The molecule has 3 rings (SSSR count). The lowest BCUT2D eigenvalue weighted by atomic mass is 10.1. The fraction of sp³-hybridized carbons (Fsp3) is 0.389. The molecule has 0 fully saturated rings. The average Bonchev–Trinajstić information content (AvgIpc) is 3.23. The summed E-state index contributed by atoms with van der Waals surface area (Å²) in [6.45, 7) is 4.71. The fourth-order valence-corrected chi connectivity index (χ4v) is 2.74. The van der Waals surface area contributed by atoms with Crippen LogP contribution < -0.4 is 0 Å². The molecule has 0 spiro atoms. The Kier molecular flexibility index (Phi) is 5.92. The second-order valence-corrected chi connectivity index (χ2v) is 6.00. The first-order valence-electron chi connectivity index (χ1n) is 8.61. The smallest absolute Gasteiger partial charge is 0.302 e. The van der Waals surface area contributed by atoms with Crippen molar-refractivity contribution in [1.29, 1.82) is 0 Å². The van der Waals surface area contributed by atoms with Gasteiger partial charge in [-0.3, -0.25) is 9.59 Å². The SMILES string of the molecule is CC(=O)OCCOCCn1nnc(Cn2cc(C(C)=O)c3ccccc32)n1. The maximum absolute atomic E-state index is 11.9. The number of para-hydroxylation sites is 1. The molecule has 0 unspecified atom stereocenters. The third-order valence-electron chi connectivity index (χ3n) is 3.94. The van der Waals surface area contributed by atoms with E-state index in [9.17, 15) is 9.59 Å². The summed E-state index contributed by atoms with van der Waals surface area (Å²) in [5.41, 5.74) is 1.63. The Morgan fingerprint density at radius 1 is 1.11 bits per heavy atom. The lowest BCUT2D eigenvalue weighted by Crippen LogP contribution is -2.13. The zero-order valence-corrected chi connectivity index (χ0v) is 15.3. The molecule has 0 bridgehead atoms. The van der Waals surface area contributed by atoms with E-state index in [0.29, 0.717) is 37.7 Å². The number of nitrogens with zero attached hydrogens (tertiary/aromatic N) is 5. The number of Topliss-reactive ketones (excluding diaryl/α,β-unsaturated/α-hetero) is 1. The molecule has 0 aliphatic heterocycles. The van der Waals surface area contributed by atoms with Gasteiger partial charge in [-0.1, -0.05) is 18.2 Å². The van der Waals surface area contributed by atoms with Crippen LogP contribution in [0.2, 0.25) is 0 Å². The Morgan fingerprint density at radius 3 is 2.70 bits per heavy atom. The summed E-state index contributed by atoms with van der Waals surface area (Å²) in [6.07, 6.45) is 1.83. The maximum atomic E-state index is 11.9. The van der Waals surface area contributed by atoms with Gasteiger partial charge in [0.2, 0.25) is 0 Å². The van der Waals surface area contributed by atoms with Gasteiger partial charge >= 0.3 is 5.97 Å². The number of rotatable bonds is 9. The van der Waals surface area contributed by atoms with Gasteiger partial charge in [0.25, 0.3) is 0 Å². The monoisotopic (exact) mass is 371 g/mol. The van der Waals surface area contributed by atoms with Crippen LogP contribution in [-0.4, -0.2) is 56.3 Å². The summed E-state index contributed by atoms with van der Waals surface area (Å²) in [4.78, 5) is 24.0. The molecular formula is C18H21N5O4. The second kappa shape index (κ2) is 8.54. The molecule has 9 nitrogen and oxygen atoms in total. The average molecular weight is 371 g/mol. The highest BCUT2D eigenvalue weighted by Gasteiger charge is 2.13. The van der Waals surface area contributed by atoms with Crippen LogP contribution >= 0.6 is 0 Å². The third-order valence-corrected chi connectivity index (χ3v) is 3.94. The topological polar surface area (TPSA) is 101 Å². The van der Waals surface area contributed by atoms with E-state index >= 15 is 0 Å². The van der Waals surface area contributed by atoms with Crippen molar-refractivity contribution in [3.8, 4) is 0 Å². The Labute approximate surface area is 155 Å². The van der Waals surface area contributed by atoms with Crippen molar-refractivity contribution >= 4 is 22.7 Å². The van der Waals surface area contributed by atoms with Gasteiger partial charge in [-0.25, -0.2) is 0 Å². The summed E-state index contributed by atoms with van der Waals surface area (Å²) in [6, 6.07) is 7.73. The maximum Gasteiger partial charge on any atom is 0.302 e. The van der Waals surface area contributed by atoms with Gasteiger partial charge in [0.15, 0.2) is 11.6 Å². The zero-order chi connectivity index (χ0) is 19.2. The first kappa shape index (κ1) is 18.7. The molecule has 9 heteroatoms. The molecular weight excluding hydrogens is 350 g/mol. The zero-order valence-electron chi connectivity index (χ0n) is 15.3. The number of tetrazole rings is 1. The lowest BCUT2D eigenvalue weighted by molar-refractivity contribution is -0.142. The Morgan fingerprint density at radius 2 is 1.93 bits per heavy atom. The largest absolute Gasteiger partial charge is 0.463 e. The van der Waals surface area contributed by atoms with Crippen LogP contribution in [0.5, 0.6) is 0 Å². The van der Waals surface area contributed by atoms with E-state index in [0.717, 1.165) is 10.9 Å². The summed E-state index contributed by atoms with van der Waals surface area (Å²) in [5.74, 6) is 0.241. The van der Waals surface area contributed by atoms with Crippen LogP contribution in [0.15, 0.2) is 30.5 Å². The number of carbonyl (C=O) groups excluding carboxylic acids is 2. The number of hydrogen-bond acceptors (Lipinski definition) is 7. The quantitative estimate of drug-likeness (QED) is 0.319. The Balaban J connectivity index is 1.59. The minimum atomic E-state index is -0.327.